The molecule has 8 heteroatoms. The lowest BCUT2D eigenvalue weighted by Crippen LogP contribution is -2.09. The molecule has 0 unspecified atom stereocenters. The van der Waals surface area contributed by atoms with Crippen LogP contribution in [0.25, 0.3) is 55.6 Å². The van der Waals surface area contributed by atoms with Gasteiger partial charge in [0, 0.05) is 58.3 Å². The van der Waals surface area contributed by atoms with Crippen molar-refractivity contribution in [2.45, 2.75) is 19.9 Å². The molecule has 0 atom stereocenters. The van der Waals surface area contributed by atoms with Crippen LogP contribution in [0.4, 0.5) is 10.1 Å². The first-order valence-electron chi connectivity index (χ1n) is 11.3. The molecule has 0 amide bonds. The lowest BCUT2D eigenvalue weighted by Gasteiger charge is -2.10. The molecule has 0 aliphatic heterocycles. The maximum Gasteiger partial charge on any atom is 0.181 e. The van der Waals surface area contributed by atoms with Crippen molar-refractivity contribution in [2.24, 2.45) is 0 Å². The van der Waals surface area contributed by atoms with E-state index in [-0.39, 0.29) is 5.82 Å². The minimum Gasteiger partial charge on any atom is -0.382 e. The van der Waals surface area contributed by atoms with Crippen LogP contribution < -0.4 is 5.32 Å². The molecule has 7 nitrogen and oxygen atoms in total. The smallest absolute Gasteiger partial charge is 0.181 e. The number of aromatic amines is 2. The molecule has 6 rings (SSSR count). The Kier molecular flexibility index (Phi) is 4.99. The Balaban J connectivity index is 1.44. The van der Waals surface area contributed by atoms with Gasteiger partial charge in [-0.05, 0) is 49.7 Å². The molecule has 0 aliphatic carbocycles. The number of anilines is 1. The van der Waals surface area contributed by atoms with Crippen molar-refractivity contribution in [1.82, 2.24) is 30.1 Å². The molecule has 6 aromatic rings. The van der Waals surface area contributed by atoms with E-state index in [1.54, 1.807) is 24.5 Å². The highest BCUT2D eigenvalue weighted by atomic mass is 19.1. The number of halogens is 1. The standard InChI is InChI=1S/C27H22FN7/c1-15(2)32-20-7-17(10-29-12-20)18-8-22-26(34-35-27(22)31-11-18)24-9-21-23(13-30-14-25(21)33-24)16-3-5-19(28)6-4-16/h3-15,32-33H,1-2H3,(H,31,34,35). The average molecular weight is 464 g/mol. The molecule has 5 aromatic heterocycles. The number of aromatic nitrogens is 6. The summed E-state index contributed by atoms with van der Waals surface area (Å²) < 4.78 is 13.4. The van der Waals surface area contributed by atoms with Gasteiger partial charge in [0.1, 0.15) is 5.82 Å². The Morgan fingerprint density at radius 3 is 2.46 bits per heavy atom. The zero-order chi connectivity index (χ0) is 23.9. The van der Waals surface area contributed by atoms with Crippen molar-refractivity contribution in [1.29, 1.82) is 0 Å². The van der Waals surface area contributed by atoms with Crippen molar-refractivity contribution < 1.29 is 4.39 Å². The summed E-state index contributed by atoms with van der Waals surface area (Å²) in [6.07, 6.45) is 9.04. The molecule has 0 saturated heterocycles. The molecule has 0 radical (unpaired) electrons. The first-order chi connectivity index (χ1) is 17.0. The molecule has 0 spiro atoms. The highest BCUT2D eigenvalue weighted by molar-refractivity contribution is 6.00. The fourth-order valence-corrected chi connectivity index (χ4v) is 4.32. The van der Waals surface area contributed by atoms with Gasteiger partial charge in [0.05, 0.1) is 28.8 Å². The van der Waals surface area contributed by atoms with Gasteiger partial charge in [0.15, 0.2) is 5.65 Å². The van der Waals surface area contributed by atoms with Gasteiger partial charge in [0.25, 0.3) is 0 Å². The lowest BCUT2D eigenvalue weighted by molar-refractivity contribution is 0.628. The summed E-state index contributed by atoms with van der Waals surface area (Å²) in [5.41, 5.74) is 7.91. The minimum atomic E-state index is -0.267. The third kappa shape index (κ3) is 3.89. The van der Waals surface area contributed by atoms with E-state index in [9.17, 15) is 4.39 Å². The summed E-state index contributed by atoms with van der Waals surface area (Å²) >= 11 is 0. The summed E-state index contributed by atoms with van der Waals surface area (Å²) in [7, 11) is 0. The molecule has 0 aliphatic rings. The summed E-state index contributed by atoms with van der Waals surface area (Å²) in [6, 6.07) is 12.9. The van der Waals surface area contributed by atoms with E-state index in [0.29, 0.717) is 11.7 Å². The van der Waals surface area contributed by atoms with Crippen LogP contribution in [0.15, 0.2) is 73.4 Å². The average Bonchev–Trinajstić information content (AvgIpc) is 3.48. The predicted molar refractivity (Wildman–Crippen MR) is 136 cm³/mol. The van der Waals surface area contributed by atoms with Crippen molar-refractivity contribution in [2.75, 3.05) is 5.32 Å². The monoisotopic (exact) mass is 463 g/mol. The van der Waals surface area contributed by atoms with Gasteiger partial charge in [-0.2, -0.15) is 5.10 Å². The zero-order valence-corrected chi connectivity index (χ0v) is 19.2. The number of H-pyrrole nitrogens is 2. The van der Waals surface area contributed by atoms with Crippen LogP contribution >= 0.6 is 0 Å². The fourth-order valence-electron chi connectivity index (χ4n) is 4.32. The number of hydrogen-bond donors (Lipinski definition) is 3. The number of nitrogens with one attached hydrogen (secondary N) is 3. The predicted octanol–water partition coefficient (Wildman–Crippen LogP) is 6.19. The van der Waals surface area contributed by atoms with Crippen LogP contribution in [0.1, 0.15) is 13.8 Å². The van der Waals surface area contributed by atoms with Crippen molar-refractivity contribution in [3.8, 4) is 33.6 Å². The molecule has 3 N–H and O–H groups in total. The topological polar surface area (TPSA) is 95.2 Å². The quantitative estimate of drug-likeness (QED) is 0.283. The SMILES string of the molecule is CC(C)Nc1cncc(-c2cnc3n[nH]c(-c4cc5c(-c6ccc(F)cc6)cncc5[nH]4)c3c2)c1. The molecule has 5 heterocycles. The van der Waals surface area contributed by atoms with Crippen LogP contribution in [0.2, 0.25) is 0 Å². The van der Waals surface area contributed by atoms with E-state index in [2.05, 4.69) is 67.5 Å². The maximum absolute atomic E-state index is 13.4. The van der Waals surface area contributed by atoms with E-state index in [1.807, 2.05) is 18.6 Å². The summed E-state index contributed by atoms with van der Waals surface area (Å²) in [4.78, 5) is 16.8. The normalized spacial score (nSPS) is 11.5. The Morgan fingerprint density at radius 1 is 0.829 bits per heavy atom. The summed E-state index contributed by atoms with van der Waals surface area (Å²) in [5, 5.41) is 12.8. The molecule has 172 valence electrons. The Morgan fingerprint density at radius 2 is 1.63 bits per heavy atom. The first kappa shape index (κ1) is 21.0. The number of benzene rings is 1. The number of pyridine rings is 3. The van der Waals surface area contributed by atoms with Crippen LogP contribution in [0, 0.1) is 5.82 Å². The van der Waals surface area contributed by atoms with E-state index in [1.165, 1.54) is 12.1 Å². The van der Waals surface area contributed by atoms with E-state index in [4.69, 9.17) is 0 Å². The van der Waals surface area contributed by atoms with Gasteiger partial charge in [-0.25, -0.2) is 9.37 Å². The van der Waals surface area contributed by atoms with Gasteiger partial charge < -0.3 is 10.3 Å². The second-order valence-corrected chi connectivity index (χ2v) is 8.79. The summed E-state index contributed by atoms with van der Waals surface area (Å²) in [6.45, 7) is 4.19. The van der Waals surface area contributed by atoms with Crippen molar-refractivity contribution in [3.05, 3.63) is 79.3 Å². The number of nitrogens with zero attached hydrogens (tertiary/aromatic N) is 4. The Bertz CT molecular complexity index is 1670. The van der Waals surface area contributed by atoms with Crippen LogP contribution in [-0.2, 0) is 0 Å². The zero-order valence-electron chi connectivity index (χ0n) is 19.2. The second-order valence-electron chi connectivity index (χ2n) is 8.79. The lowest BCUT2D eigenvalue weighted by atomic mass is 10.0. The molecule has 1 aromatic carbocycles. The van der Waals surface area contributed by atoms with Crippen LogP contribution in [0.5, 0.6) is 0 Å². The summed E-state index contributed by atoms with van der Waals surface area (Å²) in [5.74, 6) is -0.267. The van der Waals surface area contributed by atoms with Gasteiger partial charge in [-0.15, -0.1) is 0 Å². The first-order valence-corrected chi connectivity index (χ1v) is 11.3. The molecule has 0 saturated carbocycles. The fraction of sp³-hybridized carbons (Fsp3) is 0.111. The number of fused-ring (bicyclic) bond motifs is 2. The molecule has 0 bridgehead atoms. The number of hydrogen-bond acceptors (Lipinski definition) is 5. The van der Waals surface area contributed by atoms with Gasteiger partial charge in [-0.3, -0.25) is 15.1 Å². The van der Waals surface area contributed by atoms with Crippen LogP contribution in [-0.4, -0.2) is 36.2 Å². The van der Waals surface area contributed by atoms with Gasteiger partial charge >= 0.3 is 0 Å². The van der Waals surface area contributed by atoms with Gasteiger partial charge in [0.2, 0.25) is 0 Å². The number of rotatable bonds is 5. The Labute approximate surface area is 200 Å². The minimum absolute atomic E-state index is 0.267. The van der Waals surface area contributed by atoms with Gasteiger partial charge in [-0.1, -0.05) is 12.1 Å². The van der Waals surface area contributed by atoms with E-state index >= 15 is 0 Å². The Hall–Kier alpha value is -4.59. The largest absolute Gasteiger partial charge is 0.382 e. The van der Waals surface area contributed by atoms with E-state index < -0.39 is 0 Å². The second kappa shape index (κ2) is 8.32. The highest BCUT2D eigenvalue weighted by Crippen LogP contribution is 2.34. The molecule has 0 fully saturated rings. The molecule has 35 heavy (non-hydrogen) atoms. The third-order valence-corrected chi connectivity index (χ3v) is 5.91. The van der Waals surface area contributed by atoms with Crippen molar-refractivity contribution >= 4 is 27.6 Å². The van der Waals surface area contributed by atoms with Crippen molar-refractivity contribution in [3.63, 3.8) is 0 Å². The highest BCUT2D eigenvalue weighted by Gasteiger charge is 2.15. The van der Waals surface area contributed by atoms with Crippen LogP contribution in [0.3, 0.4) is 0 Å². The maximum atomic E-state index is 13.4. The third-order valence-electron chi connectivity index (χ3n) is 5.91. The molecular formula is C27H22FN7. The molecular weight excluding hydrogens is 441 g/mol. The van der Waals surface area contributed by atoms with E-state index in [0.717, 1.165) is 55.6 Å².